The Morgan fingerprint density at radius 3 is 2.57 bits per heavy atom. The average Bonchev–Trinajstić information content (AvgIpc) is 2.47. The van der Waals surface area contributed by atoms with Crippen molar-refractivity contribution < 1.29 is 13.5 Å². The second kappa shape index (κ2) is 6.46. The van der Waals surface area contributed by atoms with Gasteiger partial charge in [0.2, 0.25) is 10.0 Å². The minimum Gasteiger partial charge on any atom is -0.392 e. The number of aliphatic hydroxyl groups excluding tert-OH is 1. The smallest absolute Gasteiger partial charge is 0.243 e. The van der Waals surface area contributed by atoms with E-state index < -0.39 is 10.0 Å². The number of aliphatic hydroxyl groups is 1. The maximum absolute atomic E-state index is 13.0. The number of hydrogen-bond donors (Lipinski definition) is 1. The minimum atomic E-state index is -3.48. The first-order valence-corrected chi connectivity index (χ1v) is 9.08. The maximum Gasteiger partial charge on any atom is 0.243 e. The molecule has 1 aliphatic heterocycles. The van der Waals surface area contributed by atoms with Gasteiger partial charge in [0, 0.05) is 12.6 Å². The Bertz CT molecular complexity index is 610. The lowest BCUT2D eigenvalue weighted by Gasteiger charge is -2.34. The fourth-order valence-electron chi connectivity index (χ4n) is 3.15. The fraction of sp³-hybridized carbons (Fsp3) is 0.625. The van der Waals surface area contributed by atoms with Crippen molar-refractivity contribution in [2.24, 2.45) is 0 Å². The Morgan fingerprint density at radius 2 is 1.95 bits per heavy atom. The molecule has 1 aromatic rings. The number of nitrogens with zero attached hydrogens (tertiary/aromatic N) is 1. The molecule has 1 atom stereocenters. The highest BCUT2D eigenvalue weighted by Gasteiger charge is 2.33. The summed E-state index contributed by atoms with van der Waals surface area (Å²) >= 11 is 0. The van der Waals surface area contributed by atoms with Crippen molar-refractivity contribution in [3.8, 4) is 0 Å². The molecule has 1 N–H and O–H groups in total. The summed E-state index contributed by atoms with van der Waals surface area (Å²) < 4.78 is 27.7. The van der Waals surface area contributed by atoms with Gasteiger partial charge >= 0.3 is 0 Å². The normalized spacial score (nSPS) is 20.7. The number of piperidine rings is 1. The topological polar surface area (TPSA) is 57.6 Å². The van der Waals surface area contributed by atoms with Crippen molar-refractivity contribution in [1.29, 1.82) is 0 Å². The zero-order valence-corrected chi connectivity index (χ0v) is 13.9. The summed E-state index contributed by atoms with van der Waals surface area (Å²) in [5.74, 6) is 0. The average molecular weight is 311 g/mol. The molecule has 0 aromatic heterocycles. The van der Waals surface area contributed by atoms with E-state index in [2.05, 4.69) is 0 Å². The first-order valence-electron chi connectivity index (χ1n) is 7.64. The van der Waals surface area contributed by atoms with Gasteiger partial charge in [0.1, 0.15) is 0 Å². The van der Waals surface area contributed by atoms with Crippen LogP contribution in [0.3, 0.4) is 0 Å². The first kappa shape index (κ1) is 16.5. The Hall–Kier alpha value is -0.910. The molecule has 0 bridgehead atoms. The van der Waals surface area contributed by atoms with Crippen molar-refractivity contribution in [1.82, 2.24) is 4.31 Å². The summed E-state index contributed by atoms with van der Waals surface area (Å²) in [6, 6.07) is 3.59. The predicted octanol–water partition coefficient (Wildman–Crippen LogP) is 2.75. The zero-order chi connectivity index (χ0) is 15.6. The van der Waals surface area contributed by atoms with Crippen LogP contribution in [-0.2, 0) is 16.6 Å². The number of aryl methyl sites for hydroxylation is 2. The summed E-state index contributed by atoms with van der Waals surface area (Å²) in [5.41, 5.74) is 2.37. The van der Waals surface area contributed by atoms with Gasteiger partial charge < -0.3 is 5.11 Å². The second-order valence-corrected chi connectivity index (χ2v) is 7.73. The minimum absolute atomic E-state index is 0.0991. The molecule has 1 aromatic carbocycles. The van der Waals surface area contributed by atoms with Crippen molar-refractivity contribution in [3.63, 3.8) is 0 Å². The van der Waals surface area contributed by atoms with Gasteiger partial charge in [-0.2, -0.15) is 4.31 Å². The molecule has 118 valence electrons. The molecule has 1 heterocycles. The quantitative estimate of drug-likeness (QED) is 0.930. The molecule has 1 unspecified atom stereocenters. The summed E-state index contributed by atoms with van der Waals surface area (Å²) in [4.78, 5) is 0.345. The van der Waals surface area contributed by atoms with Crippen LogP contribution in [0, 0.1) is 13.8 Å². The van der Waals surface area contributed by atoms with E-state index in [0.717, 1.165) is 36.8 Å². The van der Waals surface area contributed by atoms with Crippen LogP contribution in [0.1, 0.15) is 49.3 Å². The van der Waals surface area contributed by atoms with E-state index in [9.17, 15) is 13.5 Å². The van der Waals surface area contributed by atoms with Gasteiger partial charge in [0.15, 0.2) is 0 Å². The molecule has 0 saturated carbocycles. The third kappa shape index (κ3) is 3.15. The van der Waals surface area contributed by atoms with Gasteiger partial charge in [-0.25, -0.2) is 8.42 Å². The van der Waals surface area contributed by atoms with Gasteiger partial charge in [-0.1, -0.05) is 19.4 Å². The number of rotatable bonds is 4. The van der Waals surface area contributed by atoms with E-state index in [0.29, 0.717) is 17.0 Å². The van der Waals surface area contributed by atoms with Crippen LogP contribution in [0.15, 0.2) is 17.0 Å². The lowest BCUT2D eigenvalue weighted by atomic mass is 10.0. The molecule has 4 nitrogen and oxygen atoms in total. The highest BCUT2D eigenvalue weighted by Crippen LogP contribution is 2.30. The highest BCUT2D eigenvalue weighted by atomic mass is 32.2. The summed E-state index contributed by atoms with van der Waals surface area (Å²) in [7, 11) is -3.48. The van der Waals surface area contributed by atoms with Gasteiger partial charge in [-0.15, -0.1) is 0 Å². The highest BCUT2D eigenvalue weighted by molar-refractivity contribution is 7.89. The predicted molar refractivity (Wildman–Crippen MR) is 83.7 cm³/mol. The molecular weight excluding hydrogens is 286 g/mol. The van der Waals surface area contributed by atoms with Gasteiger partial charge in [-0.3, -0.25) is 0 Å². The fourth-order valence-corrected chi connectivity index (χ4v) is 5.17. The van der Waals surface area contributed by atoms with Crippen LogP contribution in [0.25, 0.3) is 0 Å². The molecule has 1 aliphatic rings. The molecular formula is C16H25NO3S. The molecule has 5 heteroatoms. The lowest BCUT2D eigenvalue weighted by Crippen LogP contribution is -2.43. The van der Waals surface area contributed by atoms with E-state index in [1.165, 1.54) is 0 Å². The number of sulfonamides is 1. The standard InChI is InChI=1S/C16H25NO3S/c1-4-15-7-5-6-8-17(15)21(19,20)16-10-14(11-18)12(2)9-13(16)3/h9-10,15,18H,4-8,11H2,1-3H3. The van der Waals surface area contributed by atoms with Crippen LogP contribution < -0.4 is 0 Å². The maximum atomic E-state index is 13.0. The lowest BCUT2D eigenvalue weighted by molar-refractivity contribution is 0.246. The van der Waals surface area contributed by atoms with Crippen LogP contribution in [0.4, 0.5) is 0 Å². The third-order valence-corrected chi connectivity index (χ3v) is 6.53. The van der Waals surface area contributed by atoms with Crippen LogP contribution >= 0.6 is 0 Å². The largest absolute Gasteiger partial charge is 0.392 e. The third-order valence-electron chi connectivity index (χ3n) is 4.43. The molecule has 0 spiro atoms. The molecule has 0 radical (unpaired) electrons. The zero-order valence-electron chi connectivity index (χ0n) is 13.1. The number of hydrogen-bond acceptors (Lipinski definition) is 3. The molecule has 2 rings (SSSR count). The molecule has 0 aliphatic carbocycles. The van der Waals surface area contributed by atoms with E-state index >= 15 is 0 Å². The SMILES string of the molecule is CCC1CCCCN1S(=O)(=O)c1cc(CO)c(C)cc1C. The Balaban J connectivity index is 2.48. The first-order chi connectivity index (χ1) is 9.91. The molecule has 0 amide bonds. The van der Waals surface area contributed by atoms with Crippen molar-refractivity contribution in [2.45, 2.75) is 64.0 Å². The van der Waals surface area contributed by atoms with E-state index in [-0.39, 0.29) is 12.6 Å². The second-order valence-electron chi connectivity index (χ2n) is 5.88. The van der Waals surface area contributed by atoms with Crippen LogP contribution in [-0.4, -0.2) is 30.4 Å². The van der Waals surface area contributed by atoms with Gasteiger partial charge in [0.05, 0.1) is 11.5 Å². The molecule has 1 saturated heterocycles. The molecule has 21 heavy (non-hydrogen) atoms. The Kier molecular flexibility index (Phi) is 5.07. The van der Waals surface area contributed by atoms with Crippen LogP contribution in [0.2, 0.25) is 0 Å². The van der Waals surface area contributed by atoms with Crippen molar-refractivity contribution in [3.05, 3.63) is 28.8 Å². The number of benzene rings is 1. The van der Waals surface area contributed by atoms with Crippen LogP contribution in [0.5, 0.6) is 0 Å². The summed E-state index contributed by atoms with van der Waals surface area (Å²) in [5, 5.41) is 9.40. The van der Waals surface area contributed by atoms with E-state index in [1.807, 2.05) is 26.8 Å². The Morgan fingerprint density at radius 1 is 1.24 bits per heavy atom. The van der Waals surface area contributed by atoms with Gasteiger partial charge in [-0.05, 0) is 55.9 Å². The Labute approximate surface area is 127 Å². The monoisotopic (exact) mass is 311 g/mol. The summed E-state index contributed by atoms with van der Waals surface area (Å²) in [6.45, 7) is 6.23. The van der Waals surface area contributed by atoms with E-state index in [1.54, 1.807) is 10.4 Å². The van der Waals surface area contributed by atoms with Crippen molar-refractivity contribution >= 4 is 10.0 Å². The van der Waals surface area contributed by atoms with E-state index in [4.69, 9.17) is 0 Å². The van der Waals surface area contributed by atoms with Crippen molar-refractivity contribution in [2.75, 3.05) is 6.54 Å². The molecule has 1 fully saturated rings. The summed E-state index contributed by atoms with van der Waals surface area (Å²) in [6.07, 6.45) is 3.80. The van der Waals surface area contributed by atoms with Gasteiger partial charge in [0.25, 0.3) is 0 Å².